The monoisotopic (exact) mass is 500 g/mol. The zero-order valence-electron chi connectivity index (χ0n) is 19.4. The molecule has 4 rings (SSSR count). The first-order valence-corrected chi connectivity index (χ1v) is 12.4. The largest absolute Gasteiger partial charge is 0.325 e. The number of hydrogen-bond acceptors (Lipinski definition) is 3. The number of thioether (sulfide) groups is 1. The molecule has 0 aromatic heterocycles. The van der Waals surface area contributed by atoms with Crippen LogP contribution in [-0.4, -0.2) is 11.8 Å². The summed E-state index contributed by atoms with van der Waals surface area (Å²) in [4.78, 5) is 27.0. The number of aryl methyl sites for hydroxylation is 1. The Bertz CT molecular complexity index is 1360. The van der Waals surface area contributed by atoms with E-state index in [1.165, 1.54) is 11.8 Å². The molecule has 0 aliphatic rings. The SMILES string of the molecule is Cc1cccc(C(=O)Nc2cccc(SC(C(=O)Nc3cccc(Cl)c3C)c3ccccc3)c2)c1. The van der Waals surface area contributed by atoms with E-state index in [0.29, 0.717) is 22.0 Å². The molecule has 1 unspecified atom stereocenters. The van der Waals surface area contributed by atoms with E-state index < -0.39 is 5.25 Å². The molecule has 1 atom stereocenters. The second-order valence-electron chi connectivity index (χ2n) is 8.16. The number of halogens is 1. The van der Waals surface area contributed by atoms with Crippen molar-refractivity contribution in [3.63, 3.8) is 0 Å². The topological polar surface area (TPSA) is 58.2 Å². The Morgan fingerprint density at radius 2 is 1.54 bits per heavy atom. The van der Waals surface area contributed by atoms with Crippen LogP contribution in [0.3, 0.4) is 0 Å². The summed E-state index contributed by atoms with van der Waals surface area (Å²) in [5.41, 5.74) is 4.67. The molecule has 4 nitrogen and oxygen atoms in total. The van der Waals surface area contributed by atoms with Crippen LogP contribution in [0.15, 0.2) is 102 Å². The van der Waals surface area contributed by atoms with E-state index in [0.717, 1.165) is 21.6 Å². The smallest absolute Gasteiger partial charge is 0.255 e. The van der Waals surface area contributed by atoms with Crippen molar-refractivity contribution in [1.29, 1.82) is 0 Å². The van der Waals surface area contributed by atoms with Crippen molar-refractivity contribution in [3.05, 3.63) is 124 Å². The molecule has 0 bridgehead atoms. The molecule has 2 N–H and O–H groups in total. The van der Waals surface area contributed by atoms with Gasteiger partial charge in [-0.05, 0) is 67.4 Å². The normalized spacial score (nSPS) is 11.5. The van der Waals surface area contributed by atoms with Crippen LogP contribution in [0.1, 0.15) is 32.3 Å². The average molecular weight is 501 g/mol. The van der Waals surface area contributed by atoms with Crippen LogP contribution >= 0.6 is 23.4 Å². The second kappa shape index (κ2) is 11.3. The van der Waals surface area contributed by atoms with Gasteiger partial charge in [-0.3, -0.25) is 9.59 Å². The fraction of sp³-hybridized carbons (Fsp3) is 0.103. The number of anilines is 2. The van der Waals surface area contributed by atoms with Gasteiger partial charge in [0.05, 0.1) is 0 Å². The van der Waals surface area contributed by atoms with E-state index in [2.05, 4.69) is 10.6 Å². The van der Waals surface area contributed by atoms with E-state index >= 15 is 0 Å². The standard InChI is InChI=1S/C29H25ClN2O2S/c1-19-9-6-12-22(17-19)28(33)31-23-13-7-14-24(18-23)35-27(21-10-4-3-5-11-21)29(34)32-26-16-8-15-25(30)20(26)2/h3-18,27H,1-2H3,(H,31,33)(H,32,34). The Kier molecular flexibility index (Phi) is 7.91. The number of rotatable bonds is 7. The summed E-state index contributed by atoms with van der Waals surface area (Å²) in [6.45, 7) is 3.83. The molecule has 0 aliphatic carbocycles. The molecule has 2 amide bonds. The van der Waals surface area contributed by atoms with Gasteiger partial charge in [-0.25, -0.2) is 0 Å². The van der Waals surface area contributed by atoms with Crippen molar-refractivity contribution in [2.24, 2.45) is 0 Å². The lowest BCUT2D eigenvalue weighted by Gasteiger charge is -2.19. The highest BCUT2D eigenvalue weighted by molar-refractivity contribution is 8.00. The first-order valence-electron chi connectivity index (χ1n) is 11.2. The molecule has 0 radical (unpaired) electrons. The van der Waals surface area contributed by atoms with Gasteiger partial charge in [0.2, 0.25) is 5.91 Å². The van der Waals surface area contributed by atoms with Crippen molar-refractivity contribution in [3.8, 4) is 0 Å². The van der Waals surface area contributed by atoms with E-state index in [1.54, 1.807) is 12.1 Å². The fourth-order valence-electron chi connectivity index (χ4n) is 3.61. The average Bonchev–Trinajstić information content (AvgIpc) is 2.86. The van der Waals surface area contributed by atoms with Crippen molar-refractivity contribution in [1.82, 2.24) is 0 Å². The minimum absolute atomic E-state index is 0.152. The summed E-state index contributed by atoms with van der Waals surface area (Å²) < 4.78 is 0. The Morgan fingerprint density at radius 3 is 2.31 bits per heavy atom. The van der Waals surface area contributed by atoms with E-state index in [-0.39, 0.29) is 11.8 Å². The van der Waals surface area contributed by atoms with Gasteiger partial charge in [-0.15, -0.1) is 11.8 Å². The van der Waals surface area contributed by atoms with Gasteiger partial charge in [0, 0.05) is 26.9 Å². The van der Waals surface area contributed by atoms with E-state index in [4.69, 9.17) is 11.6 Å². The highest BCUT2D eigenvalue weighted by Crippen LogP contribution is 2.37. The van der Waals surface area contributed by atoms with Crippen LogP contribution < -0.4 is 10.6 Å². The zero-order valence-corrected chi connectivity index (χ0v) is 21.0. The predicted molar refractivity (Wildman–Crippen MR) is 145 cm³/mol. The number of benzene rings is 4. The molecule has 0 heterocycles. The molecule has 0 aliphatic heterocycles. The molecule has 4 aromatic carbocycles. The Labute approximate surface area is 214 Å². The van der Waals surface area contributed by atoms with Crippen molar-refractivity contribution in [2.45, 2.75) is 24.0 Å². The molecular weight excluding hydrogens is 476 g/mol. The summed E-state index contributed by atoms with van der Waals surface area (Å²) in [6, 6.07) is 30.1. The highest BCUT2D eigenvalue weighted by Gasteiger charge is 2.23. The Hall–Kier alpha value is -3.54. The van der Waals surface area contributed by atoms with Gasteiger partial charge < -0.3 is 10.6 Å². The van der Waals surface area contributed by atoms with Crippen LogP contribution in [0.5, 0.6) is 0 Å². The quantitative estimate of drug-likeness (QED) is 0.256. The van der Waals surface area contributed by atoms with Gasteiger partial charge in [-0.1, -0.05) is 71.8 Å². The Morgan fingerprint density at radius 1 is 0.800 bits per heavy atom. The lowest BCUT2D eigenvalue weighted by atomic mass is 10.1. The molecule has 35 heavy (non-hydrogen) atoms. The first-order chi connectivity index (χ1) is 16.9. The fourth-order valence-corrected chi connectivity index (χ4v) is 4.87. The van der Waals surface area contributed by atoms with Gasteiger partial charge in [0.1, 0.15) is 5.25 Å². The maximum atomic E-state index is 13.4. The third-order valence-electron chi connectivity index (χ3n) is 5.49. The number of amides is 2. The van der Waals surface area contributed by atoms with Gasteiger partial charge >= 0.3 is 0 Å². The van der Waals surface area contributed by atoms with Crippen LogP contribution in [-0.2, 0) is 4.79 Å². The zero-order chi connectivity index (χ0) is 24.8. The van der Waals surface area contributed by atoms with Crippen LogP contribution in [0, 0.1) is 13.8 Å². The third kappa shape index (κ3) is 6.32. The molecule has 0 spiro atoms. The molecule has 6 heteroatoms. The number of nitrogens with one attached hydrogen (secondary N) is 2. The molecule has 4 aromatic rings. The second-order valence-corrected chi connectivity index (χ2v) is 9.75. The van der Waals surface area contributed by atoms with Crippen molar-refractivity contribution in [2.75, 3.05) is 10.6 Å². The summed E-state index contributed by atoms with van der Waals surface area (Å²) in [5.74, 6) is -0.328. The minimum Gasteiger partial charge on any atom is -0.325 e. The molecular formula is C29H25ClN2O2S. The number of hydrogen-bond donors (Lipinski definition) is 2. The van der Waals surface area contributed by atoms with Crippen LogP contribution in [0.2, 0.25) is 5.02 Å². The van der Waals surface area contributed by atoms with Crippen LogP contribution in [0.25, 0.3) is 0 Å². The molecule has 0 fully saturated rings. The first kappa shape index (κ1) is 24.6. The van der Waals surface area contributed by atoms with Crippen molar-refractivity contribution >= 4 is 46.6 Å². The summed E-state index contributed by atoms with van der Waals surface area (Å²) in [6.07, 6.45) is 0. The van der Waals surface area contributed by atoms with Crippen molar-refractivity contribution < 1.29 is 9.59 Å². The molecule has 0 saturated heterocycles. The maximum Gasteiger partial charge on any atom is 0.255 e. The maximum absolute atomic E-state index is 13.4. The third-order valence-corrected chi connectivity index (χ3v) is 7.15. The van der Waals surface area contributed by atoms with Gasteiger partial charge in [0.15, 0.2) is 0 Å². The van der Waals surface area contributed by atoms with Gasteiger partial charge in [-0.2, -0.15) is 0 Å². The predicted octanol–water partition coefficient (Wildman–Crippen LogP) is 7.68. The minimum atomic E-state index is -0.502. The summed E-state index contributed by atoms with van der Waals surface area (Å²) >= 11 is 7.67. The highest BCUT2D eigenvalue weighted by atomic mass is 35.5. The lowest BCUT2D eigenvalue weighted by molar-refractivity contribution is -0.115. The molecule has 176 valence electrons. The van der Waals surface area contributed by atoms with E-state index in [9.17, 15) is 9.59 Å². The summed E-state index contributed by atoms with van der Waals surface area (Å²) in [5, 5.41) is 6.08. The number of carbonyl (C=O) groups is 2. The summed E-state index contributed by atoms with van der Waals surface area (Å²) in [7, 11) is 0. The Balaban J connectivity index is 1.56. The van der Waals surface area contributed by atoms with Crippen LogP contribution in [0.4, 0.5) is 11.4 Å². The van der Waals surface area contributed by atoms with Gasteiger partial charge in [0.25, 0.3) is 5.91 Å². The van der Waals surface area contributed by atoms with E-state index in [1.807, 2.05) is 98.8 Å². The molecule has 0 saturated carbocycles. The number of carbonyl (C=O) groups excluding carboxylic acids is 2. The lowest BCUT2D eigenvalue weighted by Crippen LogP contribution is -2.19.